The van der Waals surface area contributed by atoms with E-state index in [4.69, 9.17) is 5.11 Å². The maximum absolute atomic E-state index is 11.7. The average Bonchev–Trinajstić information content (AvgIpc) is 2.66. The number of aromatic carboxylic acids is 1. The molecule has 2 amide bonds. The van der Waals surface area contributed by atoms with E-state index in [2.05, 4.69) is 16.9 Å². The molecular weight excluding hydrogens is 266 g/mol. The summed E-state index contributed by atoms with van der Waals surface area (Å²) in [6.07, 6.45) is 0. The van der Waals surface area contributed by atoms with Gasteiger partial charge in [0.2, 0.25) is 0 Å². The Labute approximate surface area is 115 Å². The van der Waals surface area contributed by atoms with Crippen molar-refractivity contribution in [2.45, 2.75) is 20.4 Å². The van der Waals surface area contributed by atoms with Crippen LogP contribution in [0.1, 0.15) is 27.3 Å². The van der Waals surface area contributed by atoms with Gasteiger partial charge in [-0.05, 0) is 13.8 Å². The molecule has 0 saturated carbocycles. The topological polar surface area (TPSA) is 82.5 Å². The number of thiazole rings is 1. The Morgan fingerprint density at radius 2 is 2.16 bits per heavy atom. The van der Waals surface area contributed by atoms with Gasteiger partial charge in [-0.15, -0.1) is 11.3 Å². The zero-order valence-corrected chi connectivity index (χ0v) is 12.0. The van der Waals surface area contributed by atoms with E-state index in [-0.39, 0.29) is 17.5 Å². The minimum Gasteiger partial charge on any atom is -0.477 e. The number of urea groups is 1. The van der Waals surface area contributed by atoms with Gasteiger partial charge < -0.3 is 15.3 Å². The van der Waals surface area contributed by atoms with Crippen molar-refractivity contribution < 1.29 is 14.7 Å². The van der Waals surface area contributed by atoms with Crippen molar-refractivity contribution in [3.63, 3.8) is 0 Å². The summed E-state index contributed by atoms with van der Waals surface area (Å²) in [5.41, 5.74) is 1.35. The van der Waals surface area contributed by atoms with Crippen LogP contribution in [0.4, 0.5) is 4.79 Å². The first-order valence-corrected chi connectivity index (χ1v) is 6.46. The van der Waals surface area contributed by atoms with Crippen LogP contribution in [0.15, 0.2) is 12.2 Å². The molecule has 1 aromatic heterocycles. The number of aryl methyl sites for hydroxylation is 1. The molecule has 104 valence electrons. The lowest BCUT2D eigenvalue weighted by Gasteiger charge is -2.17. The summed E-state index contributed by atoms with van der Waals surface area (Å²) in [5, 5.41) is 12.2. The molecule has 0 spiro atoms. The van der Waals surface area contributed by atoms with Crippen LogP contribution in [0.5, 0.6) is 0 Å². The smallest absolute Gasteiger partial charge is 0.347 e. The van der Waals surface area contributed by atoms with Crippen LogP contribution in [-0.2, 0) is 6.54 Å². The number of aromatic nitrogens is 1. The number of rotatable bonds is 5. The highest BCUT2D eigenvalue weighted by molar-refractivity contribution is 7.13. The number of carboxylic acid groups (broad SMARTS) is 1. The van der Waals surface area contributed by atoms with Crippen molar-refractivity contribution in [1.29, 1.82) is 0 Å². The van der Waals surface area contributed by atoms with Crippen molar-refractivity contribution in [3.05, 3.63) is 27.7 Å². The van der Waals surface area contributed by atoms with E-state index < -0.39 is 5.97 Å². The van der Waals surface area contributed by atoms with Gasteiger partial charge in [0, 0.05) is 13.6 Å². The highest BCUT2D eigenvalue weighted by Crippen LogP contribution is 2.17. The molecule has 1 rings (SSSR count). The fourth-order valence-electron chi connectivity index (χ4n) is 1.49. The number of nitrogens with one attached hydrogen (secondary N) is 1. The van der Waals surface area contributed by atoms with E-state index in [1.165, 1.54) is 4.90 Å². The second kappa shape index (κ2) is 6.33. The van der Waals surface area contributed by atoms with E-state index in [1.54, 1.807) is 14.0 Å². The van der Waals surface area contributed by atoms with Crippen LogP contribution in [0.25, 0.3) is 0 Å². The molecule has 19 heavy (non-hydrogen) atoms. The minimum absolute atomic E-state index is 0.208. The number of likely N-dealkylation sites (N-methyl/N-ethyl adjacent to an activating group) is 1. The van der Waals surface area contributed by atoms with Gasteiger partial charge in [-0.2, -0.15) is 0 Å². The fraction of sp³-hybridized carbons (Fsp3) is 0.417. The summed E-state index contributed by atoms with van der Waals surface area (Å²) in [7, 11) is 1.67. The number of carboxylic acids is 1. The summed E-state index contributed by atoms with van der Waals surface area (Å²) in [4.78, 5) is 28.4. The number of carbonyl (C=O) groups excluding carboxylic acids is 1. The maximum Gasteiger partial charge on any atom is 0.347 e. The fourth-order valence-corrected chi connectivity index (χ4v) is 2.33. The largest absolute Gasteiger partial charge is 0.477 e. The Morgan fingerprint density at radius 1 is 1.53 bits per heavy atom. The lowest BCUT2D eigenvalue weighted by atomic mass is 10.3. The first-order valence-electron chi connectivity index (χ1n) is 5.64. The van der Waals surface area contributed by atoms with E-state index in [9.17, 15) is 9.59 Å². The lowest BCUT2D eigenvalue weighted by molar-refractivity contribution is 0.0701. The number of amides is 2. The molecule has 0 aliphatic heterocycles. The van der Waals surface area contributed by atoms with Crippen LogP contribution in [0, 0.1) is 6.92 Å². The van der Waals surface area contributed by atoms with Crippen LogP contribution >= 0.6 is 11.3 Å². The molecule has 0 fully saturated rings. The van der Waals surface area contributed by atoms with Gasteiger partial charge in [-0.3, -0.25) is 0 Å². The quantitative estimate of drug-likeness (QED) is 0.808. The average molecular weight is 283 g/mol. The third-order valence-corrected chi connectivity index (χ3v) is 3.43. The van der Waals surface area contributed by atoms with Crippen LogP contribution in [0.3, 0.4) is 0 Å². The Bertz CT molecular complexity index is 510. The summed E-state index contributed by atoms with van der Waals surface area (Å²) < 4.78 is 0. The standard InChI is InChI=1S/C12H17N3O3S/c1-7(2)6-15(4)12(18)13-5-9-14-8(3)10(19-9)11(16)17/h1,5-6H2,2-4H3,(H,13,18)(H,16,17). The SMILES string of the molecule is C=C(C)CN(C)C(=O)NCc1nc(C)c(C(=O)O)s1. The number of nitrogens with zero attached hydrogens (tertiary/aromatic N) is 2. The Hall–Kier alpha value is -1.89. The molecule has 2 N–H and O–H groups in total. The first kappa shape index (κ1) is 15.2. The van der Waals surface area contributed by atoms with Crippen LogP contribution in [0.2, 0.25) is 0 Å². The Balaban J connectivity index is 2.57. The van der Waals surface area contributed by atoms with E-state index >= 15 is 0 Å². The summed E-state index contributed by atoms with van der Waals surface area (Å²) >= 11 is 1.07. The molecule has 0 bridgehead atoms. The van der Waals surface area contributed by atoms with Gasteiger partial charge in [-0.1, -0.05) is 12.2 Å². The first-order chi connectivity index (χ1) is 8.81. The van der Waals surface area contributed by atoms with Crippen LogP contribution < -0.4 is 5.32 Å². The predicted octanol–water partition coefficient (Wildman–Crippen LogP) is 1.87. The third-order valence-electron chi connectivity index (χ3n) is 2.28. The van der Waals surface area contributed by atoms with Crippen molar-refractivity contribution in [3.8, 4) is 0 Å². The van der Waals surface area contributed by atoms with Crippen molar-refractivity contribution in [2.75, 3.05) is 13.6 Å². The molecular formula is C12H17N3O3S. The molecule has 1 heterocycles. The van der Waals surface area contributed by atoms with Gasteiger partial charge >= 0.3 is 12.0 Å². The lowest BCUT2D eigenvalue weighted by Crippen LogP contribution is -2.37. The van der Waals surface area contributed by atoms with Crippen molar-refractivity contribution >= 4 is 23.3 Å². The Morgan fingerprint density at radius 3 is 2.63 bits per heavy atom. The van der Waals surface area contributed by atoms with E-state index in [1.807, 2.05) is 6.92 Å². The zero-order valence-electron chi connectivity index (χ0n) is 11.2. The summed E-state index contributed by atoms with van der Waals surface area (Å²) in [5.74, 6) is -0.994. The third kappa shape index (κ3) is 4.36. The molecule has 7 heteroatoms. The van der Waals surface area contributed by atoms with E-state index in [0.29, 0.717) is 17.2 Å². The Kier molecular flexibility index (Phi) is 5.05. The van der Waals surface area contributed by atoms with Gasteiger partial charge in [0.25, 0.3) is 0 Å². The molecule has 1 aromatic rings. The molecule has 0 aromatic carbocycles. The summed E-state index contributed by atoms with van der Waals surface area (Å²) in [6.45, 7) is 7.91. The van der Waals surface area contributed by atoms with Crippen LogP contribution in [-0.4, -0.2) is 40.6 Å². The van der Waals surface area contributed by atoms with Gasteiger partial charge in [0.1, 0.15) is 9.88 Å². The summed E-state index contributed by atoms with van der Waals surface area (Å²) in [6, 6.07) is -0.243. The van der Waals surface area contributed by atoms with Crippen molar-refractivity contribution in [2.24, 2.45) is 0 Å². The molecule has 0 atom stereocenters. The van der Waals surface area contributed by atoms with E-state index in [0.717, 1.165) is 16.9 Å². The minimum atomic E-state index is -0.994. The van der Waals surface area contributed by atoms with Gasteiger partial charge in [0.05, 0.1) is 12.2 Å². The molecule has 0 aliphatic rings. The predicted molar refractivity (Wildman–Crippen MR) is 73.5 cm³/mol. The molecule has 0 radical (unpaired) electrons. The monoisotopic (exact) mass is 283 g/mol. The second-order valence-corrected chi connectivity index (χ2v) is 5.38. The van der Waals surface area contributed by atoms with Crippen molar-refractivity contribution in [1.82, 2.24) is 15.2 Å². The number of hydrogen-bond donors (Lipinski definition) is 2. The van der Waals surface area contributed by atoms with Gasteiger partial charge in [-0.25, -0.2) is 14.6 Å². The normalized spacial score (nSPS) is 10.1. The molecule has 0 saturated heterocycles. The second-order valence-electron chi connectivity index (χ2n) is 4.30. The van der Waals surface area contributed by atoms with Gasteiger partial charge in [0.15, 0.2) is 0 Å². The maximum atomic E-state index is 11.7. The highest BCUT2D eigenvalue weighted by Gasteiger charge is 2.15. The molecule has 0 aliphatic carbocycles. The molecule has 0 unspecified atom stereocenters. The zero-order chi connectivity index (χ0) is 14.6. The number of hydrogen-bond acceptors (Lipinski definition) is 4. The highest BCUT2D eigenvalue weighted by atomic mass is 32.1. The number of carbonyl (C=O) groups is 2. The molecule has 6 nitrogen and oxygen atoms in total.